The lowest BCUT2D eigenvalue weighted by molar-refractivity contribution is -0.116. The van der Waals surface area contributed by atoms with Crippen LogP contribution >= 0.6 is 22.7 Å². The Hall–Kier alpha value is -1.96. The predicted molar refractivity (Wildman–Crippen MR) is 115 cm³/mol. The van der Waals surface area contributed by atoms with Crippen LogP contribution in [0.1, 0.15) is 41.7 Å². The molecule has 5 nitrogen and oxygen atoms in total. The number of likely N-dealkylation sites (N-methyl/N-ethyl adjacent to an activating group) is 1. The first-order valence-electron chi connectivity index (χ1n) is 9.20. The summed E-state index contributed by atoms with van der Waals surface area (Å²) in [5, 5.41) is 7.32. The number of fused-ring (bicyclic) bond motifs is 1. The van der Waals surface area contributed by atoms with Gasteiger partial charge in [0.05, 0.1) is 17.4 Å². The fourth-order valence-corrected chi connectivity index (χ4v) is 4.86. The Bertz CT molecular complexity index is 919. The lowest BCUT2D eigenvalue weighted by Crippen LogP contribution is -2.37. The van der Waals surface area contributed by atoms with E-state index in [1.807, 2.05) is 17.4 Å². The van der Waals surface area contributed by atoms with Gasteiger partial charge in [0.25, 0.3) is 0 Å². The molecule has 144 valence electrons. The molecule has 0 aliphatic heterocycles. The van der Waals surface area contributed by atoms with Gasteiger partial charge in [-0.1, -0.05) is 13.8 Å². The van der Waals surface area contributed by atoms with Gasteiger partial charge in [-0.3, -0.25) is 14.1 Å². The predicted octanol–water partition coefficient (Wildman–Crippen LogP) is 4.29. The van der Waals surface area contributed by atoms with E-state index in [1.165, 1.54) is 10.4 Å². The highest BCUT2D eigenvalue weighted by Crippen LogP contribution is 2.23. The molecule has 0 aromatic carbocycles. The van der Waals surface area contributed by atoms with Gasteiger partial charge >= 0.3 is 0 Å². The van der Waals surface area contributed by atoms with Crippen molar-refractivity contribution in [1.82, 2.24) is 19.6 Å². The van der Waals surface area contributed by atoms with Crippen LogP contribution in [0.25, 0.3) is 11.0 Å². The van der Waals surface area contributed by atoms with Gasteiger partial charge in [0.1, 0.15) is 0 Å². The average molecular weight is 403 g/mol. The summed E-state index contributed by atoms with van der Waals surface area (Å²) in [4.78, 5) is 21.5. The topological polar surface area (TPSA) is 49.6 Å². The highest BCUT2D eigenvalue weighted by atomic mass is 32.1. The summed E-state index contributed by atoms with van der Waals surface area (Å²) >= 11 is 3.35. The quantitative estimate of drug-likeness (QED) is 0.572. The van der Waals surface area contributed by atoms with Crippen molar-refractivity contribution in [3.05, 3.63) is 50.9 Å². The first-order chi connectivity index (χ1) is 13.0. The van der Waals surface area contributed by atoms with Crippen LogP contribution < -0.4 is 5.32 Å². The van der Waals surface area contributed by atoms with Gasteiger partial charge in [0.15, 0.2) is 4.96 Å². The fourth-order valence-electron chi connectivity index (χ4n) is 3.28. The highest BCUT2D eigenvalue weighted by molar-refractivity contribution is 7.17. The Morgan fingerprint density at radius 1 is 1.37 bits per heavy atom. The Labute approximate surface area is 168 Å². The minimum atomic E-state index is -0.0799. The maximum atomic E-state index is 12.4. The summed E-state index contributed by atoms with van der Waals surface area (Å²) in [5.41, 5.74) is 3.15. The smallest absolute Gasteiger partial charge is 0.244 e. The number of hydrogen-bond donors (Lipinski definition) is 1. The first-order valence-corrected chi connectivity index (χ1v) is 11.0. The molecule has 0 fully saturated rings. The van der Waals surface area contributed by atoms with Crippen LogP contribution in [0.5, 0.6) is 0 Å². The molecule has 0 spiro atoms. The van der Waals surface area contributed by atoms with Gasteiger partial charge in [-0.15, -0.1) is 11.3 Å². The van der Waals surface area contributed by atoms with Crippen molar-refractivity contribution in [2.24, 2.45) is 0 Å². The Kier molecular flexibility index (Phi) is 6.46. The molecule has 7 heteroatoms. The zero-order valence-electron chi connectivity index (χ0n) is 16.2. The summed E-state index contributed by atoms with van der Waals surface area (Å²) in [6, 6.07) is 2.34. The number of imidazole rings is 1. The number of aryl methyl sites for hydroxylation is 2. The van der Waals surface area contributed by atoms with Crippen molar-refractivity contribution >= 4 is 39.6 Å². The summed E-state index contributed by atoms with van der Waals surface area (Å²) in [5.74, 6) is -0.0799. The van der Waals surface area contributed by atoms with Gasteiger partial charge in [0.2, 0.25) is 5.91 Å². The van der Waals surface area contributed by atoms with Gasteiger partial charge in [0, 0.05) is 23.7 Å². The number of thiophene rings is 1. The van der Waals surface area contributed by atoms with E-state index in [0.717, 1.165) is 29.4 Å². The largest absolute Gasteiger partial charge is 0.351 e. The molecule has 1 unspecified atom stereocenters. The number of nitrogens with one attached hydrogen (secondary N) is 1. The van der Waals surface area contributed by atoms with E-state index >= 15 is 0 Å². The van der Waals surface area contributed by atoms with Crippen molar-refractivity contribution in [2.45, 2.75) is 33.7 Å². The van der Waals surface area contributed by atoms with Gasteiger partial charge in [-0.05, 0) is 55.4 Å². The molecule has 0 saturated heterocycles. The third-order valence-corrected chi connectivity index (χ3v) is 6.31. The van der Waals surface area contributed by atoms with Crippen molar-refractivity contribution in [2.75, 3.05) is 19.6 Å². The van der Waals surface area contributed by atoms with E-state index < -0.39 is 0 Å². The number of hydrogen-bond acceptors (Lipinski definition) is 5. The monoisotopic (exact) mass is 402 g/mol. The van der Waals surface area contributed by atoms with Crippen LogP contribution in [0, 0.1) is 13.8 Å². The second-order valence-electron chi connectivity index (χ2n) is 6.45. The third kappa shape index (κ3) is 4.48. The van der Waals surface area contributed by atoms with Gasteiger partial charge in [-0.2, -0.15) is 11.3 Å². The number of nitrogens with zero attached hydrogens (tertiary/aromatic N) is 3. The lowest BCUT2D eigenvalue weighted by Gasteiger charge is -2.29. The molecule has 0 bridgehead atoms. The molecule has 27 heavy (non-hydrogen) atoms. The number of rotatable bonds is 8. The number of carbonyl (C=O) groups excluding carboxylic acids is 1. The Morgan fingerprint density at radius 3 is 2.81 bits per heavy atom. The molecule has 0 aliphatic rings. The molecule has 3 aromatic heterocycles. The van der Waals surface area contributed by atoms with Gasteiger partial charge in [-0.25, -0.2) is 4.98 Å². The second kappa shape index (κ2) is 8.82. The van der Waals surface area contributed by atoms with E-state index in [1.54, 1.807) is 28.7 Å². The average Bonchev–Trinajstić information content (AvgIpc) is 3.34. The van der Waals surface area contributed by atoms with E-state index in [0.29, 0.717) is 6.54 Å². The fraction of sp³-hybridized carbons (Fsp3) is 0.400. The SMILES string of the molecule is CCN(CC)C(CNC(=O)/C=C/c1c(C)nc2sc(C)cn12)c1ccsc1. The molecule has 1 N–H and O–H groups in total. The molecular formula is C20H26N4OS2. The summed E-state index contributed by atoms with van der Waals surface area (Å²) < 4.78 is 2.04. The number of thiazole rings is 1. The van der Waals surface area contributed by atoms with Crippen LogP contribution in [0.4, 0.5) is 0 Å². The van der Waals surface area contributed by atoms with Crippen molar-refractivity contribution in [3.63, 3.8) is 0 Å². The van der Waals surface area contributed by atoms with Crippen LogP contribution in [-0.2, 0) is 4.79 Å². The normalized spacial score (nSPS) is 13.1. The first kappa shape index (κ1) is 19.8. The van der Waals surface area contributed by atoms with Crippen molar-refractivity contribution in [3.8, 4) is 0 Å². The van der Waals surface area contributed by atoms with Crippen LogP contribution in [0.15, 0.2) is 29.1 Å². The standard InChI is InChI=1S/C20H26N4OS2/c1-5-23(6-2)18(16-9-10-26-13-16)11-21-19(25)8-7-17-15(4)22-20-24(17)12-14(3)27-20/h7-10,12-13,18H,5-6,11H2,1-4H3,(H,21,25)/b8-7+. The number of carbonyl (C=O) groups is 1. The van der Waals surface area contributed by atoms with Gasteiger partial charge < -0.3 is 5.32 Å². The van der Waals surface area contributed by atoms with Crippen LogP contribution in [-0.4, -0.2) is 39.8 Å². The Morgan fingerprint density at radius 2 is 2.15 bits per heavy atom. The third-order valence-electron chi connectivity index (χ3n) is 4.71. The molecule has 1 atom stereocenters. The van der Waals surface area contributed by atoms with E-state index in [2.05, 4.69) is 59.0 Å². The molecular weight excluding hydrogens is 376 g/mol. The maximum absolute atomic E-state index is 12.4. The van der Waals surface area contributed by atoms with Crippen molar-refractivity contribution in [1.29, 1.82) is 0 Å². The molecule has 3 aromatic rings. The summed E-state index contributed by atoms with van der Waals surface area (Å²) in [6.07, 6.45) is 5.52. The second-order valence-corrected chi connectivity index (χ2v) is 8.44. The highest BCUT2D eigenvalue weighted by Gasteiger charge is 2.18. The maximum Gasteiger partial charge on any atom is 0.244 e. The van der Waals surface area contributed by atoms with Crippen LogP contribution in [0.2, 0.25) is 0 Å². The zero-order valence-corrected chi connectivity index (χ0v) is 17.9. The number of amides is 1. The van der Waals surface area contributed by atoms with Crippen LogP contribution in [0.3, 0.4) is 0 Å². The molecule has 3 rings (SSSR count). The molecule has 0 saturated carbocycles. The molecule has 3 heterocycles. The zero-order chi connectivity index (χ0) is 19.4. The lowest BCUT2D eigenvalue weighted by atomic mass is 10.1. The summed E-state index contributed by atoms with van der Waals surface area (Å²) in [6.45, 7) is 10.8. The summed E-state index contributed by atoms with van der Waals surface area (Å²) in [7, 11) is 0. The van der Waals surface area contributed by atoms with E-state index in [9.17, 15) is 4.79 Å². The Balaban J connectivity index is 1.68. The van der Waals surface area contributed by atoms with E-state index in [-0.39, 0.29) is 11.9 Å². The minimum Gasteiger partial charge on any atom is -0.351 e. The molecule has 0 radical (unpaired) electrons. The molecule has 1 amide bonds. The van der Waals surface area contributed by atoms with Crippen molar-refractivity contribution < 1.29 is 4.79 Å². The minimum absolute atomic E-state index is 0.0799. The number of aromatic nitrogens is 2. The molecule has 0 aliphatic carbocycles. The van der Waals surface area contributed by atoms with E-state index in [4.69, 9.17) is 0 Å².